The van der Waals surface area contributed by atoms with Crippen LogP contribution in [0.1, 0.15) is 11.5 Å². The van der Waals surface area contributed by atoms with E-state index in [2.05, 4.69) is 205 Å². The third kappa shape index (κ3) is 6.34. The van der Waals surface area contributed by atoms with Crippen molar-refractivity contribution in [3.8, 4) is 67.3 Å². The second-order valence-corrected chi connectivity index (χ2v) is 15.3. The molecule has 1 aliphatic carbocycles. The molecule has 8 aromatic carbocycles. The van der Waals surface area contributed by atoms with E-state index in [1.165, 1.54) is 55.7 Å². The lowest BCUT2D eigenvalue weighted by Gasteiger charge is -2.28. The molecule has 11 rings (SSSR count). The Kier molecular flexibility index (Phi) is 8.63. The third-order valence-electron chi connectivity index (χ3n) is 11.9. The number of para-hydroxylation sites is 1. The number of rotatable bonds is 7. The van der Waals surface area contributed by atoms with E-state index in [-0.39, 0.29) is 6.04 Å². The molecule has 3 heteroatoms. The fourth-order valence-electron chi connectivity index (χ4n) is 8.93. The van der Waals surface area contributed by atoms with E-state index in [0.29, 0.717) is 11.7 Å². The quantitative estimate of drug-likeness (QED) is 0.162. The Labute approximate surface area is 345 Å². The standard InChI is InChI=1S/C56H39N3/c1-4-14-38(15-5-1)39-26-30-42(31-27-39)52-37-53(58-56(57-52)43-16-6-2-7-17-43)49-35-34-46(47-20-10-11-21-48(47)49)41-28-24-40(25-29-41)44-32-33-51-50-22-12-13-23-54(50)59(55(51)36-44)45-18-8-3-9-19-45/h1-37,50,54H. The van der Waals surface area contributed by atoms with Gasteiger partial charge >= 0.3 is 0 Å². The third-order valence-corrected chi connectivity index (χ3v) is 11.9. The van der Waals surface area contributed by atoms with Crippen molar-refractivity contribution < 1.29 is 0 Å². The van der Waals surface area contributed by atoms with Crippen LogP contribution in [0.2, 0.25) is 0 Å². The van der Waals surface area contributed by atoms with Gasteiger partial charge in [-0.2, -0.15) is 0 Å². The van der Waals surface area contributed by atoms with Crippen molar-refractivity contribution >= 4 is 22.1 Å². The summed E-state index contributed by atoms with van der Waals surface area (Å²) < 4.78 is 0. The van der Waals surface area contributed by atoms with Crippen molar-refractivity contribution in [3.63, 3.8) is 0 Å². The Bertz CT molecular complexity index is 3020. The molecule has 1 aliphatic heterocycles. The SMILES string of the molecule is C1=CC2c3ccc(-c4ccc(-c5ccc(-c6cc(-c7ccc(-c8ccccc8)cc7)nc(-c7ccccc7)n6)c6ccccc56)cc4)cc3N(c3ccccc3)C2C=C1. The average molecular weight is 754 g/mol. The first kappa shape index (κ1) is 34.6. The molecule has 1 aromatic heterocycles. The highest BCUT2D eigenvalue weighted by Gasteiger charge is 2.37. The summed E-state index contributed by atoms with van der Waals surface area (Å²) >= 11 is 0. The van der Waals surface area contributed by atoms with Crippen LogP contribution in [0.3, 0.4) is 0 Å². The van der Waals surface area contributed by atoms with Gasteiger partial charge in [0.05, 0.1) is 17.4 Å². The maximum atomic E-state index is 5.21. The van der Waals surface area contributed by atoms with Crippen LogP contribution in [0.15, 0.2) is 224 Å². The van der Waals surface area contributed by atoms with E-state index in [1.807, 2.05) is 24.3 Å². The number of fused-ring (bicyclic) bond motifs is 4. The molecule has 9 aromatic rings. The van der Waals surface area contributed by atoms with Crippen molar-refractivity contribution in [3.05, 3.63) is 230 Å². The minimum atomic E-state index is 0.275. The van der Waals surface area contributed by atoms with Crippen molar-refractivity contribution in [1.82, 2.24) is 9.97 Å². The van der Waals surface area contributed by atoms with E-state index in [9.17, 15) is 0 Å². The Morgan fingerprint density at radius 3 is 1.63 bits per heavy atom. The summed E-state index contributed by atoms with van der Waals surface area (Å²) in [6.07, 6.45) is 9.03. The number of hydrogen-bond donors (Lipinski definition) is 0. The number of nitrogens with zero attached hydrogens (tertiary/aromatic N) is 3. The topological polar surface area (TPSA) is 29.0 Å². The summed E-state index contributed by atoms with van der Waals surface area (Å²) in [7, 11) is 0. The van der Waals surface area contributed by atoms with Gasteiger partial charge in [-0.25, -0.2) is 9.97 Å². The van der Waals surface area contributed by atoms with Gasteiger partial charge in [-0.15, -0.1) is 0 Å². The monoisotopic (exact) mass is 753 g/mol. The van der Waals surface area contributed by atoms with Gasteiger partial charge in [0, 0.05) is 34.0 Å². The van der Waals surface area contributed by atoms with Gasteiger partial charge in [0.25, 0.3) is 0 Å². The molecule has 0 saturated heterocycles. The summed E-state index contributed by atoms with van der Waals surface area (Å²) in [5, 5.41) is 2.34. The van der Waals surface area contributed by atoms with E-state index in [0.717, 1.165) is 33.5 Å². The van der Waals surface area contributed by atoms with Crippen LogP contribution >= 0.6 is 0 Å². The molecule has 0 fully saturated rings. The highest BCUT2D eigenvalue weighted by Crippen LogP contribution is 2.49. The zero-order valence-corrected chi connectivity index (χ0v) is 32.4. The molecule has 0 N–H and O–H groups in total. The summed E-state index contributed by atoms with van der Waals surface area (Å²) in [6, 6.07) is 71.8. The highest BCUT2D eigenvalue weighted by molar-refractivity contribution is 6.05. The predicted molar refractivity (Wildman–Crippen MR) is 246 cm³/mol. The second-order valence-electron chi connectivity index (χ2n) is 15.3. The van der Waals surface area contributed by atoms with Crippen LogP contribution in [-0.4, -0.2) is 16.0 Å². The summed E-state index contributed by atoms with van der Waals surface area (Å²) in [4.78, 5) is 12.8. The predicted octanol–water partition coefficient (Wildman–Crippen LogP) is 14.4. The van der Waals surface area contributed by atoms with Gasteiger partial charge in [0.2, 0.25) is 0 Å². The van der Waals surface area contributed by atoms with E-state index in [1.54, 1.807) is 0 Å². The fourth-order valence-corrected chi connectivity index (χ4v) is 8.93. The molecule has 0 saturated carbocycles. The molecule has 3 nitrogen and oxygen atoms in total. The molecule has 0 radical (unpaired) electrons. The van der Waals surface area contributed by atoms with Crippen LogP contribution in [0.25, 0.3) is 78.1 Å². The molecule has 278 valence electrons. The average Bonchev–Trinajstić information content (AvgIpc) is 3.66. The zero-order valence-electron chi connectivity index (χ0n) is 32.4. The van der Waals surface area contributed by atoms with Gasteiger partial charge in [0.15, 0.2) is 5.82 Å². The molecule has 0 bridgehead atoms. The Hall–Kier alpha value is -7.62. The van der Waals surface area contributed by atoms with Gasteiger partial charge in [0.1, 0.15) is 0 Å². The van der Waals surface area contributed by atoms with Gasteiger partial charge in [-0.05, 0) is 74.0 Å². The second kappa shape index (κ2) is 14.7. The maximum Gasteiger partial charge on any atom is 0.160 e. The minimum absolute atomic E-state index is 0.275. The number of allylic oxidation sites excluding steroid dienone is 2. The van der Waals surface area contributed by atoms with Crippen molar-refractivity contribution in [2.75, 3.05) is 4.90 Å². The molecule has 2 aliphatic rings. The number of anilines is 2. The molecule has 2 unspecified atom stereocenters. The van der Waals surface area contributed by atoms with Crippen molar-refractivity contribution in [2.45, 2.75) is 12.0 Å². The van der Waals surface area contributed by atoms with E-state index < -0.39 is 0 Å². The molecular weight excluding hydrogens is 715 g/mol. The largest absolute Gasteiger partial charge is 0.333 e. The van der Waals surface area contributed by atoms with Crippen LogP contribution in [0, 0.1) is 0 Å². The van der Waals surface area contributed by atoms with Crippen LogP contribution in [0.5, 0.6) is 0 Å². The lowest BCUT2D eigenvalue weighted by atomic mass is 9.90. The number of hydrogen-bond acceptors (Lipinski definition) is 3. The first-order chi connectivity index (χ1) is 29.2. The lowest BCUT2D eigenvalue weighted by molar-refractivity contribution is 0.745. The summed E-state index contributed by atoms with van der Waals surface area (Å²) in [5.41, 5.74) is 15.9. The molecule has 2 atom stereocenters. The van der Waals surface area contributed by atoms with Crippen molar-refractivity contribution in [1.29, 1.82) is 0 Å². The van der Waals surface area contributed by atoms with E-state index in [4.69, 9.17) is 9.97 Å². The minimum Gasteiger partial charge on any atom is -0.333 e. The van der Waals surface area contributed by atoms with Gasteiger partial charge in [-0.3, -0.25) is 0 Å². The Morgan fingerprint density at radius 1 is 0.373 bits per heavy atom. The smallest absolute Gasteiger partial charge is 0.160 e. The Balaban J connectivity index is 0.957. The van der Waals surface area contributed by atoms with E-state index >= 15 is 0 Å². The van der Waals surface area contributed by atoms with Gasteiger partial charge in [-0.1, -0.05) is 200 Å². The highest BCUT2D eigenvalue weighted by atomic mass is 15.2. The fraction of sp³-hybridized carbons (Fsp3) is 0.0357. The summed E-state index contributed by atoms with van der Waals surface area (Å²) in [6.45, 7) is 0. The normalized spacial score (nSPS) is 15.3. The molecular formula is C56H39N3. The first-order valence-electron chi connectivity index (χ1n) is 20.3. The van der Waals surface area contributed by atoms with Crippen LogP contribution < -0.4 is 4.90 Å². The maximum absolute atomic E-state index is 5.21. The molecule has 59 heavy (non-hydrogen) atoms. The van der Waals surface area contributed by atoms with Gasteiger partial charge < -0.3 is 4.90 Å². The zero-order chi connectivity index (χ0) is 39.1. The molecule has 0 amide bonds. The lowest BCUT2D eigenvalue weighted by Crippen LogP contribution is -2.28. The van der Waals surface area contributed by atoms with Crippen molar-refractivity contribution in [2.24, 2.45) is 0 Å². The first-order valence-corrected chi connectivity index (χ1v) is 20.3. The number of aromatic nitrogens is 2. The molecule has 2 heterocycles. The Morgan fingerprint density at radius 2 is 0.898 bits per heavy atom. The van der Waals surface area contributed by atoms with Crippen LogP contribution in [0.4, 0.5) is 11.4 Å². The number of benzene rings is 8. The summed E-state index contributed by atoms with van der Waals surface area (Å²) in [5.74, 6) is 1.05. The molecule has 0 spiro atoms. The van der Waals surface area contributed by atoms with Crippen LogP contribution in [-0.2, 0) is 0 Å².